The highest BCUT2D eigenvalue weighted by molar-refractivity contribution is 6.00. The lowest BCUT2D eigenvalue weighted by Gasteiger charge is -2.21. The first-order valence-corrected chi connectivity index (χ1v) is 7.55. The molecule has 1 rings (SSSR count). The van der Waals surface area contributed by atoms with Crippen LogP contribution in [0.4, 0.5) is 0 Å². The van der Waals surface area contributed by atoms with Crippen LogP contribution in [0.2, 0.25) is 0 Å². The number of hydrogen-bond donors (Lipinski definition) is 1. The first-order valence-electron chi connectivity index (χ1n) is 7.55. The van der Waals surface area contributed by atoms with Gasteiger partial charge >= 0.3 is 0 Å². The number of rotatable bonds is 4. The Hall–Kier alpha value is -1.90. The predicted octanol–water partition coefficient (Wildman–Crippen LogP) is 4.34. The maximum absolute atomic E-state index is 11.7. The molecule has 1 aliphatic heterocycles. The van der Waals surface area contributed by atoms with E-state index < -0.39 is 0 Å². The molecule has 3 heteroatoms. The van der Waals surface area contributed by atoms with Crippen LogP contribution in [0.15, 0.2) is 48.6 Å². The van der Waals surface area contributed by atoms with Crippen molar-refractivity contribution in [3.63, 3.8) is 0 Å². The molecule has 118 valence electrons. The topological polar surface area (TPSA) is 46.2 Å². The molecule has 1 N–H and O–H groups in total. The van der Waals surface area contributed by atoms with Crippen LogP contribution in [0.1, 0.15) is 47.5 Å². The minimum absolute atomic E-state index is 0.201. The monoisotopic (exact) mass is 291 g/mol. The highest BCUT2D eigenvalue weighted by Gasteiger charge is 2.27. The normalized spacial score (nSPS) is 18.4. The minimum atomic E-state index is -0.279. The summed E-state index contributed by atoms with van der Waals surface area (Å²) in [7, 11) is 0. The van der Waals surface area contributed by atoms with E-state index >= 15 is 0 Å². The molecule has 1 atom stereocenters. The Morgan fingerprint density at radius 1 is 1.10 bits per heavy atom. The van der Waals surface area contributed by atoms with Crippen LogP contribution in [-0.4, -0.2) is 11.8 Å². The molecular weight excluding hydrogens is 262 g/mol. The first-order chi connectivity index (χ1) is 10.1. The fraction of sp³-hybridized carbons (Fsp3) is 0.444. The van der Waals surface area contributed by atoms with E-state index in [1.165, 1.54) is 0 Å². The fourth-order valence-electron chi connectivity index (χ4n) is 1.63. The van der Waals surface area contributed by atoms with Crippen LogP contribution >= 0.6 is 0 Å². The van der Waals surface area contributed by atoms with Gasteiger partial charge in [0.2, 0.25) is 11.8 Å². The van der Waals surface area contributed by atoms with Crippen molar-refractivity contribution in [1.82, 2.24) is 5.32 Å². The van der Waals surface area contributed by atoms with Crippen LogP contribution in [0, 0.1) is 5.92 Å². The fourth-order valence-corrected chi connectivity index (χ4v) is 1.63. The molecule has 2 amide bonds. The van der Waals surface area contributed by atoms with E-state index in [0.717, 1.165) is 11.1 Å². The zero-order chi connectivity index (χ0) is 16.8. The Bertz CT molecular complexity index is 417. The summed E-state index contributed by atoms with van der Waals surface area (Å²) < 4.78 is 0. The maximum Gasteiger partial charge on any atom is 0.234 e. The summed E-state index contributed by atoms with van der Waals surface area (Å²) >= 11 is 0. The minimum Gasteiger partial charge on any atom is -0.296 e. The average molecular weight is 291 g/mol. The SMILES string of the molecule is C=C/C(C)=C\C=C(/C=C)C1CCC(=O)NC1=O.CC.CC. The lowest BCUT2D eigenvalue weighted by atomic mass is 9.90. The van der Waals surface area contributed by atoms with E-state index in [4.69, 9.17) is 0 Å². The predicted molar refractivity (Wildman–Crippen MR) is 90.8 cm³/mol. The second-order valence-electron chi connectivity index (χ2n) is 3.99. The van der Waals surface area contributed by atoms with Gasteiger partial charge in [-0.3, -0.25) is 14.9 Å². The largest absolute Gasteiger partial charge is 0.296 e. The van der Waals surface area contributed by atoms with Crippen molar-refractivity contribution in [2.24, 2.45) is 5.92 Å². The van der Waals surface area contributed by atoms with Crippen LogP contribution in [-0.2, 0) is 9.59 Å². The molecule has 1 fully saturated rings. The van der Waals surface area contributed by atoms with Gasteiger partial charge in [0, 0.05) is 6.42 Å². The molecule has 21 heavy (non-hydrogen) atoms. The van der Waals surface area contributed by atoms with Crippen molar-refractivity contribution >= 4 is 11.8 Å². The van der Waals surface area contributed by atoms with Gasteiger partial charge in [0.1, 0.15) is 0 Å². The van der Waals surface area contributed by atoms with Gasteiger partial charge in [0.15, 0.2) is 0 Å². The Morgan fingerprint density at radius 2 is 1.67 bits per heavy atom. The second-order valence-corrected chi connectivity index (χ2v) is 3.99. The summed E-state index contributed by atoms with van der Waals surface area (Å²) in [6, 6.07) is 0. The van der Waals surface area contributed by atoms with Crippen LogP contribution in [0.3, 0.4) is 0 Å². The number of carbonyl (C=O) groups is 2. The summed E-state index contributed by atoms with van der Waals surface area (Å²) in [5.74, 6) is -0.719. The van der Waals surface area contributed by atoms with Gasteiger partial charge in [-0.05, 0) is 18.9 Å². The molecule has 0 bridgehead atoms. The van der Waals surface area contributed by atoms with E-state index in [2.05, 4.69) is 18.5 Å². The van der Waals surface area contributed by atoms with Crippen LogP contribution in [0.25, 0.3) is 0 Å². The molecule has 1 unspecified atom stereocenters. The Labute approximate surface area is 129 Å². The third-order valence-corrected chi connectivity index (χ3v) is 2.74. The van der Waals surface area contributed by atoms with E-state index in [-0.39, 0.29) is 17.7 Å². The van der Waals surface area contributed by atoms with Gasteiger partial charge < -0.3 is 0 Å². The quantitative estimate of drug-likeness (QED) is 0.619. The summed E-state index contributed by atoms with van der Waals surface area (Å²) in [5, 5.41) is 2.34. The van der Waals surface area contributed by atoms with Crippen molar-refractivity contribution < 1.29 is 9.59 Å². The molecule has 1 saturated heterocycles. The number of hydrogen-bond acceptors (Lipinski definition) is 2. The first kappa shape index (κ1) is 21.4. The van der Waals surface area contributed by atoms with Crippen molar-refractivity contribution in [3.05, 3.63) is 48.6 Å². The van der Waals surface area contributed by atoms with Gasteiger partial charge in [-0.25, -0.2) is 0 Å². The number of nitrogens with one attached hydrogen (secondary N) is 1. The van der Waals surface area contributed by atoms with Crippen molar-refractivity contribution in [3.8, 4) is 0 Å². The summed E-state index contributed by atoms with van der Waals surface area (Å²) in [4.78, 5) is 22.7. The van der Waals surface area contributed by atoms with E-state index in [0.29, 0.717) is 12.8 Å². The molecule has 0 aromatic rings. The lowest BCUT2D eigenvalue weighted by molar-refractivity contribution is -0.135. The molecule has 0 aliphatic carbocycles. The van der Waals surface area contributed by atoms with Gasteiger partial charge in [-0.2, -0.15) is 0 Å². The second kappa shape index (κ2) is 13.1. The summed E-state index contributed by atoms with van der Waals surface area (Å²) in [5.41, 5.74) is 1.84. The standard InChI is InChI=1S/C14H17NO2.2C2H6/c1-4-10(3)6-7-11(5-2)12-8-9-13(16)15-14(12)17;2*1-2/h4-7,12H,1-2,8-9H2,3H3,(H,15,16,17);2*1-2H3/b10-6-,11-7+;;. The van der Waals surface area contributed by atoms with E-state index in [9.17, 15) is 9.59 Å². The molecule has 3 nitrogen and oxygen atoms in total. The molecule has 0 spiro atoms. The average Bonchev–Trinajstić information content (AvgIpc) is 2.53. The summed E-state index contributed by atoms with van der Waals surface area (Å²) in [6.45, 7) is 17.3. The van der Waals surface area contributed by atoms with Gasteiger partial charge in [0.05, 0.1) is 5.92 Å². The number of amides is 2. The number of imide groups is 1. The highest BCUT2D eigenvalue weighted by atomic mass is 16.2. The number of piperidine rings is 1. The van der Waals surface area contributed by atoms with E-state index in [1.54, 1.807) is 12.2 Å². The number of allylic oxidation sites excluding steroid dienone is 5. The van der Waals surface area contributed by atoms with Crippen molar-refractivity contribution in [2.45, 2.75) is 47.5 Å². The molecule has 1 heterocycles. The third kappa shape index (κ3) is 8.08. The molecule has 1 aliphatic rings. The van der Waals surface area contributed by atoms with Crippen molar-refractivity contribution in [2.75, 3.05) is 0 Å². The van der Waals surface area contributed by atoms with Crippen molar-refractivity contribution in [1.29, 1.82) is 0 Å². The Kier molecular flexibility index (Phi) is 13.3. The molecular formula is C18H29NO2. The van der Waals surface area contributed by atoms with Gasteiger partial charge in [0.25, 0.3) is 0 Å². The summed E-state index contributed by atoms with van der Waals surface area (Å²) in [6.07, 6.45) is 8.06. The molecule has 0 aromatic heterocycles. The molecule has 0 saturated carbocycles. The highest BCUT2D eigenvalue weighted by Crippen LogP contribution is 2.22. The third-order valence-electron chi connectivity index (χ3n) is 2.74. The van der Waals surface area contributed by atoms with Gasteiger partial charge in [-0.1, -0.05) is 70.7 Å². The zero-order valence-electron chi connectivity index (χ0n) is 14.0. The van der Waals surface area contributed by atoms with Crippen LogP contribution in [0.5, 0.6) is 0 Å². The number of carbonyl (C=O) groups excluding carboxylic acids is 2. The zero-order valence-corrected chi connectivity index (χ0v) is 14.0. The maximum atomic E-state index is 11.7. The lowest BCUT2D eigenvalue weighted by Crippen LogP contribution is -2.41. The smallest absolute Gasteiger partial charge is 0.234 e. The van der Waals surface area contributed by atoms with E-state index in [1.807, 2.05) is 46.8 Å². The Balaban J connectivity index is 0. The molecule has 0 radical (unpaired) electrons. The Morgan fingerprint density at radius 3 is 2.10 bits per heavy atom. The van der Waals surface area contributed by atoms with Gasteiger partial charge in [-0.15, -0.1) is 0 Å². The van der Waals surface area contributed by atoms with Crippen LogP contribution < -0.4 is 5.32 Å². The molecule has 0 aromatic carbocycles.